The second-order valence-electron chi connectivity index (χ2n) is 6.77. The Balaban J connectivity index is 1.50. The van der Waals surface area contributed by atoms with Crippen LogP contribution in [-0.4, -0.2) is 23.6 Å². The molecule has 1 aliphatic heterocycles. The van der Waals surface area contributed by atoms with Gasteiger partial charge in [0.15, 0.2) is 0 Å². The zero-order valence-electron chi connectivity index (χ0n) is 13.7. The summed E-state index contributed by atoms with van der Waals surface area (Å²) in [6.45, 7) is 0.634. The van der Waals surface area contributed by atoms with Crippen molar-refractivity contribution < 1.29 is 19.4 Å². The maximum atomic E-state index is 12.7. The van der Waals surface area contributed by atoms with Crippen LogP contribution in [0.2, 0.25) is 0 Å². The molecular formula is C20H19NO4. The summed E-state index contributed by atoms with van der Waals surface area (Å²) in [5, 5.41) is 11.8. The van der Waals surface area contributed by atoms with Crippen molar-refractivity contribution in [1.82, 2.24) is 0 Å². The van der Waals surface area contributed by atoms with Gasteiger partial charge in [-0.3, -0.25) is 9.59 Å². The van der Waals surface area contributed by atoms with Crippen molar-refractivity contribution in [2.45, 2.75) is 24.7 Å². The van der Waals surface area contributed by atoms with E-state index in [2.05, 4.69) is 11.4 Å². The van der Waals surface area contributed by atoms with Gasteiger partial charge in [-0.1, -0.05) is 30.3 Å². The fourth-order valence-electron chi connectivity index (χ4n) is 3.87. The van der Waals surface area contributed by atoms with Gasteiger partial charge in [0, 0.05) is 22.6 Å². The Morgan fingerprint density at radius 1 is 1.20 bits per heavy atom. The largest absolute Gasteiger partial charge is 0.493 e. The normalized spacial score (nSPS) is 23.4. The van der Waals surface area contributed by atoms with E-state index < -0.39 is 5.97 Å². The predicted molar refractivity (Wildman–Crippen MR) is 92.8 cm³/mol. The van der Waals surface area contributed by atoms with Gasteiger partial charge in [-0.25, -0.2) is 0 Å². The standard InChI is InChI=1S/C20H19NO4/c22-18(23)11-13-4-3-5-14(10-13)21-19(24)16-12-20(16)8-9-25-17-7-2-1-6-15(17)20/h1-7,10,16H,8-9,11-12H2,(H,21,24)(H,22,23)/t16-,20-/m0/s1. The van der Waals surface area contributed by atoms with Gasteiger partial charge in [-0.05, 0) is 36.6 Å². The smallest absolute Gasteiger partial charge is 0.307 e. The van der Waals surface area contributed by atoms with Gasteiger partial charge in [-0.15, -0.1) is 0 Å². The molecule has 2 N–H and O–H groups in total. The van der Waals surface area contributed by atoms with E-state index >= 15 is 0 Å². The molecule has 1 heterocycles. The lowest BCUT2D eigenvalue weighted by Gasteiger charge is -2.26. The van der Waals surface area contributed by atoms with Crippen LogP contribution in [-0.2, 0) is 21.4 Å². The molecule has 4 rings (SSSR count). The third-order valence-corrected chi connectivity index (χ3v) is 5.17. The summed E-state index contributed by atoms with van der Waals surface area (Å²) >= 11 is 0. The number of carbonyl (C=O) groups is 2. The number of benzene rings is 2. The Hall–Kier alpha value is -2.82. The number of carboxylic acids is 1. The topological polar surface area (TPSA) is 75.6 Å². The molecule has 0 bridgehead atoms. The first-order valence-electron chi connectivity index (χ1n) is 8.42. The molecule has 2 aliphatic rings. The number of para-hydroxylation sites is 1. The van der Waals surface area contributed by atoms with E-state index in [9.17, 15) is 9.59 Å². The number of carboxylic acid groups (broad SMARTS) is 1. The van der Waals surface area contributed by atoms with Crippen LogP contribution in [0.5, 0.6) is 5.75 Å². The predicted octanol–water partition coefficient (Wildman–Crippen LogP) is 2.99. The van der Waals surface area contributed by atoms with Gasteiger partial charge in [0.25, 0.3) is 0 Å². The average Bonchev–Trinajstić information content (AvgIpc) is 3.30. The van der Waals surface area contributed by atoms with Crippen LogP contribution in [0.15, 0.2) is 48.5 Å². The molecule has 128 valence electrons. The molecule has 1 fully saturated rings. The Labute approximate surface area is 145 Å². The van der Waals surface area contributed by atoms with Gasteiger partial charge >= 0.3 is 5.97 Å². The number of hydrogen-bond acceptors (Lipinski definition) is 3. The number of nitrogens with one attached hydrogen (secondary N) is 1. The Bertz CT molecular complexity index is 847. The molecule has 0 radical (unpaired) electrons. The maximum absolute atomic E-state index is 12.7. The number of aliphatic carboxylic acids is 1. The lowest BCUT2D eigenvalue weighted by atomic mass is 9.87. The lowest BCUT2D eigenvalue weighted by Crippen LogP contribution is -2.26. The van der Waals surface area contributed by atoms with E-state index in [1.165, 1.54) is 0 Å². The number of carbonyl (C=O) groups excluding carboxylic acids is 1. The second-order valence-corrected chi connectivity index (χ2v) is 6.77. The third-order valence-electron chi connectivity index (χ3n) is 5.17. The van der Waals surface area contributed by atoms with Gasteiger partial charge in [0.2, 0.25) is 5.91 Å². The van der Waals surface area contributed by atoms with Crippen LogP contribution >= 0.6 is 0 Å². The van der Waals surface area contributed by atoms with Crippen molar-refractivity contribution in [3.63, 3.8) is 0 Å². The molecule has 2 atom stereocenters. The van der Waals surface area contributed by atoms with Gasteiger partial charge in [0.05, 0.1) is 13.0 Å². The van der Waals surface area contributed by atoms with E-state index in [0.717, 1.165) is 24.2 Å². The fraction of sp³-hybridized carbons (Fsp3) is 0.300. The minimum atomic E-state index is -0.886. The molecule has 0 unspecified atom stereocenters. The van der Waals surface area contributed by atoms with Crippen molar-refractivity contribution in [3.8, 4) is 5.75 Å². The molecule has 0 aromatic heterocycles. The van der Waals surface area contributed by atoms with Gasteiger partial charge in [0.1, 0.15) is 5.75 Å². The minimum absolute atomic E-state index is 0.0100. The molecule has 1 saturated carbocycles. The molecular weight excluding hydrogens is 318 g/mol. The quantitative estimate of drug-likeness (QED) is 0.899. The zero-order chi connectivity index (χ0) is 17.4. The molecule has 1 spiro atoms. The van der Waals surface area contributed by atoms with Crippen LogP contribution in [0, 0.1) is 5.92 Å². The summed E-state index contributed by atoms with van der Waals surface area (Å²) < 4.78 is 5.71. The van der Waals surface area contributed by atoms with Crippen LogP contribution in [0.3, 0.4) is 0 Å². The van der Waals surface area contributed by atoms with E-state index in [0.29, 0.717) is 17.9 Å². The SMILES string of the molecule is O=C(O)Cc1cccc(NC(=O)[C@@H]2C[C@]23CCOc2ccccc23)c1. The van der Waals surface area contributed by atoms with Crippen LogP contribution < -0.4 is 10.1 Å². The number of amides is 1. The molecule has 5 nitrogen and oxygen atoms in total. The van der Waals surface area contributed by atoms with Crippen molar-refractivity contribution in [1.29, 1.82) is 0 Å². The van der Waals surface area contributed by atoms with Gasteiger partial charge in [-0.2, -0.15) is 0 Å². The number of fused-ring (bicyclic) bond motifs is 2. The number of ether oxygens (including phenoxy) is 1. The Morgan fingerprint density at radius 3 is 2.88 bits per heavy atom. The molecule has 1 amide bonds. The summed E-state index contributed by atoms with van der Waals surface area (Å²) in [4.78, 5) is 23.6. The highest BCUT2D eigenvalue weighted by Crippen LogP contribution is 2.60. The average molecular weight is 337 g/mol. The molecule has 2 aromatic rings. The van der Waals surface area contributed by atoms with E-state index in [-0.39, 0.29) is 23.7 Å². The second kappa shape index (κ2) is 5.92. The zero-order valence-corrected chi connectivity index (χ0v) is 13.7. The molecule has 25 heavy (non-hydrogen) atoms. The Morgan fingerprint density at radius 2 is 2.04 bits per heavy atom. The first-order valence-corrected chi connectivity index (χ1v) is 8.42. The van der Waals surface area contributed by atoms with Crippen LogP contribution in [0.4, 0.5) is 5.69 Å². The number of hydrogen-bond donors (Lipinski definition) is 2. The third kappa shape index (κ3) is 2.86. The number of anilines is 1. The monoisotopic (exact) mass is 337 g/mol. The summed E-state index contributed by atoms with van der Waals surface area (Å²) in [5.41, 5.74) is 2.33. The Kier molecular flexibility index (Phi) is 3.71. The van der Waals surface area contributed by atoms with Crippen molar-refractivity contribution >= 4 is 17.6 Å². The maximum Gasteiger partial charge on any atom is 0.307 e. The minimum Gasteiger partial charge on any atom is -0.493 e. The lowest BCUT2D eigenvalue weighted by molar-refractivity contribution is -0.136. The molecule has 2 aromatic carbocycles. The van der Waals surface area contributed by atoms with Crippen molar-refractivity contribution in [2.24, 2.45) is 5.92 Å². The van der Waals surface area contributed by atoms with Crippen LogP contribution in [0.1, 0.15) is 24.0 Å². The molecule has 5 heteroatoms. The summed E-state index contributed by atoms with van der Waals surface area (Å²) in [6, 6.07) is 15.0. The van der Waals surface area contributed by atoms with E-state index in [1.807, 2.05) is 18.2 Å². The van der Waals surface area contributed by atoms with Gasteiger partial charge < -0.3 is 15.2 Å². The highest BCUT2D eigenvalue weighted by atomic mass is 16.5. The fourth-order valence-corrected chi connectivity index (χ4v) is 3.87. The molecule has 0 saturated heterocycles. The highest BCUT2D eigenvalue weighted by Gasteiger charge is 2.60. The summed E-state index contributed by atoms with van der Waals surface area (Å²) in [5.74, 6) is -0.0826. The molecule has 1 aliphatic carbocycles. The summed E-state index contributed by atoms with van der Waals surface area (Å²) in [6.07, 6.45) is 1.62. The van der Waals surface area contributed by atoms with E-state index in [1.54, 1.807) is 24.3 Å². The summed E-state index contributed by atoms with van der Waals surface area (Å²) in [7, 11) is 0. The highest BCUT2D eigenvalue weighted by molar-refractivity contribution is 5.96. The number of rotatable bonds is 4. The first-order chi connectivity index (χ1) is 12.1. The van der Waals surface area contributed by atoms with E-state index in [4.69, 9.17) is 9.84 Å². The van der Waals surface area contributed by atoms with Crippen molar-refractivity contribution in [2.75, 3.05) is 11.9 Å². The van der Waals surface area contributed by atoms with Crippen LogP contribution in [0.25, 0.3) is 0 Å². The van der Waals surface area contributed by atoms with Crippen molar-refractivity contribution in [3.05, 3.63) is 59.7 Å². The first kappa shape index (κ1) is 15.7.